The van der Waals surface area contributed by atoms with Crippen LogP contribution < -0.4 is 4.90 Å². The fourth-order valence-corrected chi connectivity index (χ4v) is 3.64. The lowest BCUT2D eigenvalue weighted by atomic mass is 10.00. The molecule has 2 heterocycles. The van der Waals surface area contributed by atoms with Gasteiger partial charge in [-0.05, 0) is 42.9 Å². The second-order valence-corrected chi connectivity index (χ2v) is 6.18. The first-order valence-electron chi connectivity index (χ1n) is 6.92. The van der Waals surface area contributed by atoms with Gasteiger partial charge in [0.05, 0.1) is 5.52 Å². The molecule has 0 saturated carbocycles. The number of rotatable bonds is 3. The van der Waals surface area contributed by atoms with E-state index < -0.39 is 0 Å². The number of aromatic nitrogens is 2. The minimum Gasteiger partial charge on any atom is -0.356 e. The summed E-state index contributed by atoms with van der Waals surface area (Å²) in [5, 5.41) is 0.943. The zero-order valence-electron chi connectivity index (χ0n) is 11.6. The van der Waals surface area contributed by atoms with Crippen LogP contribution in [0.2, 0.25) is 0 Å². The molecule has 0 aliphatic carbocycles. The molecular formula is C15H18FN3S. The summed E-state index contributed by atoms with van der Waals surface area (Å²) in [6.45, 7) is 2.05. The van der Waals surface area contributed by atoms with E-state index in [4.69, 9.17) is 0 Å². The summed E-state index contributed by atoms with van der Waals surface area (Å²) in [5.74, 6) is 2.60. The molecule has 1 atom stereocenters. The molecule has 1 aromatic carbocycles. The molecule has 5 heteroatoms. The van der Waals surface area contributed by atoms with Gasteiger partial charge in [-0.1, -0.05) is 0 Å². The zero-order valence-corrected chi connectivity index (χ0v) is 12.4. The van der Waals surface area contributed by atoms with Crippen LogP contribution in [-0.2, 0) is 0 Å². The van der Waals surface area contributed by atoms with Crippen LogP contribution in [-0.4, -0.2) is 35.1 Å². The van der Waals surface area contributed by atoms with Crippen molar-refractivity contribution in [2.45, 2.75) is 12.8 Å². The van der Waals surface area contributed by atoms with Crippen molar-refractivity contribution in [3.8, 4) is 0 Å². The van der Waals surface area contributed by atoms with Gasteiger partial charge in [-0.2, -0.15) is 11.8 Å². The molecule has 3 rings (SSSR count). The Morgan fingerprint density at radius 2 is 2.30 bits per heavy atom. The van der Waals surface area contributed by atoms with Gasteiger partial charge in [0.1, 0.15) is 18.0 Å². The van der Waals surface area contributed by atoms with E-state index in [2.05, 4.69) is 21.1 Å². The van der Waals surface area contributed by atoms with Crippen LogP contribution >= 0.6 is 11.8 Å². The molecule has 1 aliphatic rings. The first-order valence-corrected chi connectivity index (χ1v) is 8.31. The van der Waals surface area contributed by atoms with Crippen molar-refractivity contribution < 1.29 is 4.39 Å². The van der Waals surface area contributed by atoms with Crippen molar-refractivity contribution in [2.24, 2.45) is 5.92 Å². The Morgan fingerprint density at radius 1 is 1.40 bits per heavy atom. The second-order valence-electron chi connectivity index (χ2n) is 5.27. The maximum atomic E-state index is 13.3. The largest absolute Gasteiger partial charge is 0.356 e. The summed E-state index contributed by atoms with van der Waals surface area (Å²) >= 11 is 1.90. The number of hydrogen-bond donors (Lipinski definition) is 0. The summed E-state index contributed by atoms with van der Waals surface area (Å²) < 4.78 is 13.3. The minimum absolute atomic E-state index is 0.249. The third kappa shape index (κ3) is 2.73. The highest BCUT2D eigenvalue weighted by Crippen LogP contribution is 2.28. The molecule has 106 valence electrons. The summed E-state index contributed by atoms with van der Waals surface area (Å²) in [4.78, 5) is 10.9. The molecule has 1 aromatic heterocycles. The number of benzene rings is 1. The highest BCUT2D eigenvalue weighted by molar-refractivity contribution is 7.98. The van der Waals surface area contributed by atoms with E-state index in [0.717, 1.165) is 24.3 Å². The summed E-state index contributed by atoms with van der Waals surface area (Å²) in [6.07, 6.45) is 6.17. The Balaban J connectivity index is 1.93. The highest BCUT2D eigenvalue weighted by atomic mass is 32.2. The lowest BCUT2D eigenvalue weighted by Gasteiger charge is -2.33. The number of anilines is 1. The Kier molecular flexibility index (Phi) is 4.05. The second kappa shape index (κ2) is 5.95. The number of hydrogen-bond acceptors (Lipinski definition) is 4. The standard InChI is InChI=1S/C15H18FN3S/c1-20-9-11-3-2-6-19(8-11)15-13-5-4-12(16)7-14(13)17-10-18-15/h4-5,7,10-11H,2-3,6,8-9H2,1H3. The lowest BCUT2D eigenvalue weighted by molar-refractivity contribution is 0.451. The Hall–Kier alpha value is -1.36. The third-order valence-corrected chi connectivity index (χ3v) is 4.60. The normalized spacial score (nSPS) is 19.5. The molecular weight excluding hydrogens is 273 g/mol. The van der Waals surface area contributed by atoms with Crippen LogP contribution in [0.4, 0.5) is 10.2 Å². The molecule has 1 fully saturated rings. The molecule has 1 unspecified atom stereocenters. The monoisotopic (exact) mass is 291 g/mol. The molecule has 1 saturated heterocycles. The molecule has 0 radical (unpaired) electrons. The third-order valence-electron chi connectivity index (χ3n) is 3.80. The number of thioether (sulfide) groups is 1. The quantitative estimate of drug-likeness (QED) is 0.867. The smallest absolute Gasteiger partial charge is 0.139 e. The number of fused-ring (bicyclic) bond motifs is 1. The summed E-state index contributed by atoms with van der Waals surface area (Å²) in [5.41, 5.74) is 0.682. The molecule has 3 nitrogen and oxygen atoms in total. The molecule has 0 N–H and O–H groups in total. The van der Waals surface area contributed by atoms with Crippen LogP contribution in [0.5, 0.6) is 0 Å². The van der Waals surface area contributed by atoms with Gasteiger partial charge in [-0.15, -0.1) is 0 Å². The van der Waals surface area contributed by atoms with Gasteiger partial charge in [0, 0.05) is 24.5 Å². The van der Waals surface area contributed by atoms with Gasteiger partial charge in [-0.25, -0.2) is 14.4 Å². The van der Waals surface area contributed by atoms with Crippen molar-refractivity contribution in [1.82, 2.24) is 9.97 Å². The van der Waals surface area contributed by atoms with Gasteiger partial charge < -0.3 is 4.90 Å². The summed E-state index contributed by atoms with van der Waals surface area (Å²) in [6, 6.07) is 4.75. The van der Waals surface area contributed by atoms with E-state index >= 15 is 0 Å². The molecule has 1 aliphatic heterocycles. The SMILES string of the molecule is CSCC1CCCN(c2ncnc3cc(F)ccc23)C1. The number of nitrogens with zero attached hydrogens (tertiary/aromatic N) is 3. The maximum Gasteiger partial charge on any atom is 0.139 e. The average molecular weight is 291 g/mol. The zero-order chi connectivity index (χ0) is 13.9. The van der Waals surface area contributed by atoms with Gasteiger partial charge in [0.2, 0.25) is 0 Å². The fourth-order valence-electron chi connectivity index (χ4n) is 2.90. The number of halogens is 1. The first-order chi connectivity index (χ1) is 9.78. The van der Waals surface area contributed by atoms with Gasteiger partial charge in [0.25, 0.3) is 0 Å². The predicted octanol–water partition coefficient (Wildman–Crippen LogP) is 3.35. The maximum absolute atomic E-state index is 13.3. The molecule has 2 aromatic rings. The topological polar surface area (TPSA) is 29.0 Å². The van der Waals surface area contributed by atoms with Crippen LogP contribution in [0.1, 0.15) is 12.8 Å². The predicted molar refractivity (Wildman–Crippen MR) is 82.8 cm³/mol. The van der Waals surface area contributed by atoms with Gasteiger partial charge in [-0.3, -0.25) is 0 Å². The van der Waals surface area contributed by atoms with Crippen molar-refractivity contribution in [1.29, 1.82) is 0 Å². The first kappa shape index (κ1) is 13.6. The highest BCUT2D eigenvalue weighted by Gasteiger charge is 2.22. The van der Waals surface area contributed by atoms with Gasteiger partial charge in [0.15, 0.2) is 0 Å². The molecule has 0 amide bonds. The van der Waals surface area contributed by atoms with E-state index in [1.807, 2.05) is 11.8 Å². The Morgan fingerprint density at radius 3 is 3.15 bits per heavy atom. The fraction of sp³-hybridized carbons (Fsp3) is 0.467. The summed E-state index contributed by atoms with van der Waals surface area (Å²) in [7, 11) is 0. The van der Waals surface area contributed by atoms with E-state index in [1.54, 1.807) is 6.07 Å². The van der Waals surface area contributed by atoms with Gasteiger partial charge >= 0.3 is 0 Å². The average Bonchev–Trinajstić information content (AvgIpc) is 2.47. The van der Waals surface area contributed by atoms with E-state index in [9.17, 15) is 4.39 Å². The van der Waals surface area contributed by atoms with Crippen molar-refractivity contribution in [3.63, 3.8) is 0 Å². The van der Waals surface area contributed by atoms with Crippen LogP contribution in [0.3, 0.4) is 0 Å². The molecule has 0 bridgehead atoms. The van der Waals surface area contributed by atoms with Crippen molar-refractivity contribution in [3.05, 3.63) is 30.3 Å². The van der Waals surface area contributed by atoms with Crippen LogP contribution in [0, 0.1) is 11.7 Å². The Bertz CT molecular complexity index is 603. The van der Waals surface area contributed by atoms with E-state index in [-0.39, 0.29) is 5.82 Å². The minimum atomic E-state index is -0.249. The lowest BCUT2D eigenvalue weighted by Crippen LogP contribution is -2.37. The Labute approximate surface area is 122 Å². The van der Waals surface area contributed by atoms with Crippen molar-refractivity contribution in [2.75, 3.05) is 30.0 Å². The van der Waals surface area contributed by atoms with Crippen LogP contribution in [0.25, 0.3) is 10.9 Å². The van der Waals surface area contributed by atoms with E-state index in [0.29, 0.717) is 11.4 Å². The number of piperidine rings is 1. The van der Waals surface area contributed by atoms with Crippen LogP contribution in [0.15, 0.2) is 24.5 Å². The molecule has 20 heavy (non-hydrogen) atoms. The van der Waals surface area contributed by atoms with Crippen molar-refractivity contribution >= 4 is 28.5 Å². The molecule has 0 spiro atoms. The van der Waals surface area contributed by atoms with E-state index in [1.165, 1.54) is 37.1 Å².